The molecule has 3 heterocycles. The van der Waals surface area contributed by atoms with Crippen molar-refractivity contribution in [2.75, 3.05) is 11.9 Å². The molecule has 1 aromatic carbocycles. The monoisotopic (exact) mass is 367 g/mol. The predicted octanol–water partition coefficient (Wildman–Crippen LogP) is 1.87. The molecule has 2 aromatic rings. The van der Waals surface area contributed by atoms with E-state index in [1.807, 2.05) is 45.0 Å². The Bertz CT molecular complexity index is 1090. The number of fused-ring (bicyclic) bond motifs is 1. The zero-order valence-corrected chi connectivity index (χ0v) is 15.5. The van der Waals surface area contributed by atoms with Crippen LogP contribution >= 0.6 is 0 Å². The van der Waals surface area contributed by atoms with Gasteiger partial charge in [-0.25, -0.2) is 9.59 Å². The van der Waals surface area contributed by atoms with E-state index in [1.165, 1.54) is 4.57 Å². The molecule has 140 valence electrons. The second-order valence-electron chi connectivity index (χ2n) is 7.47. The lowest BCUT2D eigenvalue weighted by Gasteiger charge is -2.28. The van der Waals surface area contributed by atoms with Crippen molar-refractivity contribution in [3.63, 3.8) is 0 Å². The van der Waals surface area contributed by atoms with Gasteiger partial charge >= 0.3 is 11.7 Å². The summed E-state index contributed by atoms with van der Waals surface area (Å²) in [6, 6.07) is 7.69. The van der Waals surface area contributed by atoms with Crippen molar-refractivity contribution in [2.24, 2.45) is 5.92 Å². The number of aromatic nitrogens is 2. The van der Waals surface area contributed by atoms with Crippen LogP contribution in [0.5, 0.6) is 0 Å². The van der Waals surface area contributed by atoms with Gasteiger partial charge in [-0.3, -0.25) is 14.3 Å². The molecular formula is C20H21N3O4. The number of nitrogens with one attached hydrogen (secondary N) is 2. The van der Waals surface area contributed by atoms with E-state index in [9.17, 15) is 14.4 Å². The van der Waals surface area contributed by atoms with Gasteiger partial charge in [0.2, 0.25) is 0 Å². The highest BCUT2D eigenvalue weighted by atomic mass is 16.5. The number of benzene rings is 1. The molecule has 4 rings (SSSR count). The number of rotatable bonds is 3. The summed E-state index contributed by atoms with van der Waals surface area (Å²) < 4.78 is 6.77. The van der Waals surface area contributed by atoms with Gasteiger partial charge in [0, 0.05) is 6.54 Å². The maximum Gasteiger partial charge on any atom is 0.337 e. The Hall–Kier alpha value is -3.09. The summed E-state index contributed by atoms with van der Waals surface area (Å²) in [6.45, 7) is 6.51. The van der Waals surface area contributed by atoms with Crippen molar-refractivity contribution < 1.29 is 9.53 Å². The third kappa shape index (κ3) is 2.79. The Morgan fingerprint density at radius 3 is 2.74 bits per heavy atom. The predicted molar refractivity (Wildman–Crippen MR) is 101 cm³/mol. The highest BCUT2D eigenvalue weighted by Crippen LogP contribution is 2.42. The van der Waals surface area contributed by atoms with Crippen molar-refractivity contribution in [1.29, 1.82) is 0 Å². The summed E-state index contributed by atoms with van der Waals surface area (Å²) in [5.74, 6) is -0.362. The normalized spacial score (nSPS) is 18.2. The first kappa shape index (κ1) is 17.3. The van der Waals surface area contributed by atoms with Gasteiger partial charge in [-0.2, -0.15) is 0 Å². The number of cyclic esters (lactones) is 1. The van der Waals surface area contributed by atoms with Gasteiger partial charge in [0.25, 0.3) is 5.56 Å². The van der Waals surface area contributed by atoms with Crippen molar-refractivity contribution in [3.8, 4) is 0 Å². The van der Waals surface area contributed by atoms with E-state index in [4.69, 9.17) is 4.74 Å². The second kappa shape index (κ2) is 6.26. The van der Waals surface area contributed by atoms with Crippen LogP contribution in [-0.2, 0) is 16.1 Å². The molecule has 0 aliphatic carbocycles. The summed E-state index contributed by atoms with van der Waals surface area (Å²) in [5, 5.41) is 3.14. The molecule has 0 saturated carbocycles. The summed E-state index contributed by atoms with van der Waals surface area (Å²) in [5.41, 5.74) is 2.32. The largest absolute Gasteiger partial charge is 0.456 e. The molecule has 27 heavy (non-hydrogen) atoms. The van der Waals surface area contributed by atoms with Crippen molar-refractivity contribution in [1.82, 2.24) is 9.55 Å². The number of esters is 1. The maximum absolute atomic E-state index is 12.8. The number of aromatic amines is 1. The maximum atomic E-state index is 12.8. The van der Waals surface area contributed by atoms with E-state index >= 15 is 0 Å². The van der Waals surface area contributed by atoms with Crippen LogP contribution in [0.2, 0.25) is 0 Å². The molecule has 1 atom stereocenters. The van der Waals surface area contributed by atoms with E-state index in [-0.39, 0.29) is 12.5 Å². The highest BCUT2D eigenvalue weighted by molar-refractivity contribution is 5.96. The molecule has 0 spiro atoms. The number of hydrogen-bond donors (Lipinski definition) is 2. The van der Waals surface area contributed by atoms with Gasteiger partial charge < -0.3 is 10.1 Å². The van der Waals surface area contributed by atoms with Crippen LogP contribution in [0.1, 0.15) is 36.5 Å². The van der Waals surface area contributed by atoms with Crippen LogP contribution in [0.3, 0.4) is 0 Å². The highest BCUT2D eigenvalue weighted by Gasteiger charge is 2.41. The average Bonchev–Trinajstić information content (AvgIpc) is 2.97. The number of carbonyl (C=O) groups excluding carboxylic acids is 1. The van der Waals surface area contributed by atoms with Crippen LogP contribution in [-0.4, -0.2) is 22.1 Å². The van der Waals surface area contributed by atoms with E-state index < -0.39 is 23.1 Å². The molecule has 1 aromatic heterocycles. The minimum atomic E-state index is -0.575. The minimum Gasteiger partial charge on any atom is -0.456 e. The number of anilines is 1. The number of nitrogens with zero attached hydrogens (tertiary/aromatic N) is 1. The van der Waals surface area contributed by atoms with Gasteiger partial charge in [0.05, 0.1) is 22.8 Å². The Morgan fingerprint density at radius 1 is 1.26 bits per heavy atom. The molecule has 0 fully saturated rings. The van der Waals surface area contributed by atoms with Crippen molar-refractivity contribution in [3.05, 3.63) is 73.1 Å². The van der Waals surface area contributed by atoms with E-state index in [1.54, 1.807) is 0 Å². The van der Waals surface area contributed by atoms with Gasteiger partial charge in [0.15, 0.2) is 0 Å². The molecule has 7 heteroatoms. The number of H-pyrrole nitrogens is 1. The van der Waals surface area contributed by atoms with Crippen LogP contribution in [0.4, 0.5) is 5.82 Å². The number of ether oxygens (including phenoxy) is 1. The summed E-state index contributed by atoms with van der Waals surface area (Å²) in [7, 11) is 0. The third-order valence-electron chi connectivity index (χ3n) is 4.90. The summed E-state index contributed by atoms with van der Waals surface area (Å²) in [6.07, 6.45) is 0. The molecule has 7 nitrogen and oxygen atoms in total. The molecular weight excluding hydrogens is 346 g/mol. The van der Waals surface area contributed by atoms with Gasteiger partial charge in [-0.05, 0) is 18.4 Å². The zero-order valence-electron chi connectivity index (χ0n) is 15.5. The average molecular weight is 367 g/mol. The van der Waals surface area contributed by atoms with Crippen LogP contribution in [0.15, 0.2) is 45.1 Å². The first-order valence-corrected chi connectivity index (χ1v) is 8.97. The SMILES string of the molecule is Cc1cccc([C@H]2C3=C(COC3=O)Nc3c2c(=O)[nH]c(=O)n3CC(C)C)c1. The number of carbonyl (C=O) groups is 1. The quantitative estimate of drug-likeness (QED) is 0.808. The molecule has 0 amide bonds. The molecule has 0 radical (unpaired) electrons. The Balaban J connectivity index is 2.03. The molecule has 0 unspecified atom stereocenters. The number of aryl methyl sites for hydroxylation is 1. The molecule has 0 saturated heterocycles. The van der Waals surface area contributed by atoms with Gasteiger partial charge in [-0.1, -0.05) is 43.7 Å². The van der Waals surface area contributed by atoms with Crippen LogP contribution < -0.4 is 16.6 Å². The molecule has 2 aliphatic heterocycles. The minimum absolute atomic E-state index is 0.110. The van der Waals surface area contributed by atoms with Crippen LogP contribution in [0, 0.1) is 12.8 Å². The first-order chi connectivity index (χ1) is 12.9. The lowest BCUT2D eigenvalue weighted by Crippen LogP contribution is -2.39. The topological polar surface area (TPSA) is 93.2 Å². The third-order valence-corrected chi connectivity index (χ3v) is 4.90. The smallest absolute Gasteiger partial charge is 0.337 e. The Labute approximate surface area is 155 Å². The lowest BCUT2D eigenvalue weighted by atomic mass is 9.82. The van der Waals surface area contributed by atoms with Crippen molar-refractivity contribution >= 4 is 11.8 Å². The molecule has 2 aliphatic rings. The first-order valence-electron chi connectivity index (χ1n) is 8.97. The fraction of sp³-hybridized carbons (Fsp3) is 0.350. The standard InChI is InChI=1S/C20H21N3O4/c1-10(2)8-23-17-16(18(24)22-20(23)26)14(12-6-4-5-11(3)7-12)15-13(21-17)9-27-19(15)25/h4-7,10,14,21H,8-9H2,1-3H3,(H,22,24,26)/t14-/m0/s1. The fourth-order valence-corrected chi connectivity index (χ4v) is 3.81. The molecule has 0 bridgehead atoms. The molecule has 2 N–H and O–H groups in total. The van der Waals surface area contributed by atoms with E-state index in [0.717, 1.165) is 11.1 Å². The lowest BCUT2D eigenvalue weighted by molar-refractivity contribution is -0.136. The Morgan fingerprint density at radius 2 is 2.04 bits per heavy atom. The second-order valence-corrected chi connectivity index (χ2v) is 7.47. The Kier molecular flexibility index (Phi) is 4.02. The van der Waals surface area contributed by atoms with E-state index in [0.29, 0.717) is 29.2 Å². The zero-order chi connectivity index (χ0) is 19.3. The van der Waals surface area contributed by atoms with Crippen molar-refractivity contribution in [2.45, 2.75) is 33.2 Å². The van der Waals surface area contributed by atoms with E-state index in [2.05, 4.69) is 10.3 Å². The summed E-state index contributed by atoms with van der Waals surface area (Å²) >= 11 is 0. The number of hydrogen-bond acceptors (Lipinski definition) is 5. The van der Waals surface area contributed by atoms with Gasteiger partial charge in [0.1, 0.15) is 12.4 Å². The fourth-order valence-electron chi connectivity index (χ4n) is 3.81. The summed E-state index contributed by atoms with van der Waals surface area (Å²) in [4.78, 5) is 40.1. The van der Waals surface area contributed by atoms with Crippen LogP contribution in [0.25, 0.3) is 0 Å². The van der Waals surface area contributed by atoms with Gasteiger partial charge in [-0.15, -0.1) is 0 Å².